The molecular formula is C18H14ClNO4. The molecule has 1 aliphatic heterocycles. The molecule has 1 unspecified atom stereocenters. The summed E-state index contributed by atoms with van der Waals surface area (Å²) in [6, 6.07) is 13.7. The lowest BCUT2D eigenvalue weighted by molar-refractivity contribution is -0.120. The maximum atomic E-state index is 12.7. The molecule has 5 nitrogen and oxygen atoms in total. The van der Waals surface area contributed by atoms with Crippen LogP contribution in [0.15, 0.2) is 54.4 Å². The van der Waals surface area contributed by atoms with Crippen molar-refractivity contribution in [1.82, 2.24) is 0 Å². The molecule has 1 aliphatic rings. The van der Waals surface area contributed by atoms with Gasteiger partial charge < -0.3 is 15.2 Å². The Balaban J connectivity index is 1.99. The van der Waals surface area contributed by atoms with Gasteiger partial charge in [0, 0.05) is 5.56 Å². The van der Waals surface area contributed by atoms with E-state index in [2.05, 4.69) is 0 Å². The van der Waals surface area contributed by atoms with Gasteiger partial charge in [-0.3, -0.25) is 4.79 Å². The molecule has 0 bridgehead atoms. The van der Waals surface area contributed by atoms with E-state index in [-0.39, 0.29) is 27.8 Å². The van der Waals surface area contributed by atoms with Gasteiger partial charge >= 0.3 is 5.97 Å². The molecule has 0 aliphatic carbocycles. The summed E-state index contributed by atoms with van der Waals surface area (Å²) >= 11 is 6.01. The Hall–Kier alpha value is -2.79. The molecule has 122 valence electrons. The van der Waals surface area contributed by atoms with Gasteiger partial charge in [0.2, 0.25) is 5.78 Å². The molecule has 2 aromatic carbocycles. The van der Waals surface area contributed by atoms with Gasteiger partial charge in [-0.15, -0.1) is 0 Å². The molecule has 3 rings (SSSR count). The minimum Gasteiger partial charge on any atom is -0.465 e. The number of rotatable bonds is 3. The second kappa shape index (κ2) is 6.37. The van der Waals surface area contributed by atoms with Gasteiger partial charge in [0.1, 0.15) is 0 Å². The summed E-state index contributed by atoms with van der Waals surface area (Å²) in [6.45, 7) is 0. The molecule has 1 atom stereocenters. The fraction of sp³-hybridized carbons (Fsp3) is 0.111. The fourth-order valence-electron chi connectivity index (χ4n) is 2.57. The van der Waals surface area contributed by atoms with Gasteiger partial charge in [-0.1, -0.05) is 48.0 Å². The quantitative estimate of drug-likeness (QED) is 0.866. The summed E-state index contributed by atoms with van der Waals surface area (Å²) in [4.78, 5) is 24.5. The van der Waals surface area contributed by atoms with Crippen LogP contribution < -0.4 is 5.73 Å². The van der Waals surface area contributed by atoms with Gasteiger partial charge in [-0.25, -0.2) is 4.79 Å². The number of halogens is 1. The van der Waals surface area contributed by atoms with E-state index in [1.165, 1.54) is 19.2 Å². The van der Waals surface area contributed by atoms with Crippen LogP contribution in [0, 0.1) is 0 Å². The number of ketones is 1. The molecule has 2 N–H and O–H groups in total. The Kier molecular flexibility index (Phi) is 4.27. The molecule has 6 heteroatoms. The zero-order valence-corrected chi connectivity index (χ0v) is 13.5. The number of benzene rings is 2. The Morgan fingerprint density at radius 2 is 1.92 bits per heavy atom. The number of carbonyl (C=O) groups excluding carboxylic acids is 2. The molecule has 0 aromatic heterocycles. The molecule has 0 saturated carbocycles. The topological polar surface area (TPSA) is 78.6 Å². The van der Waals surface area contributed by atoms with Crippen molar-refractivity contribution in [1.29, 1.82) is 0 Å². The molecule has 0 fully saturated rings. The van der Waals surface area contributed by atoms with Crippen molar-refractivity contribution in [3.05, 3.63) is 76.1 Å². The predicted molar refractivity (Wildman–Crippen MR) is 89.2 cm³/mol. The molecule has 1 heterocycles. The van der Waals surface area contributed by atoms with Gasteiger partial charge in [-0.05, 0) is 17.7 Å². The SMILES string of the molecule is COC(=O)c1cc(C2=C(N)OC(c3ccccc3)C2=O)ccc1Cl. The van der Waals surface area contributed by atoms with Crippen molar-refractivity contribution >= 4 is 28.9 Å². The molecular weight excluding hydrogens is 330 g/mol. The van der Waals surface area contributed by atoms with Crippen LogP contribution in [0.5, 0.6) is 0 Å². The number of Topliss-reactive ketones (excluding diaryl/α,β-unsaturated/α-hetero) is 1. The van der Waals surface area contributed by atoms with Crippen LogP contribution in [0.3, 0.4) is 0 Å². The summed E-state index contributed by atoms with van der Waals surface area (Å²) in [5.41, 5.74) is 7.47. The smallest absolute Gasteiger partial charge is 0.339 e. The largest absolute Gasteiger partial charge is 0.465 e. The van der Waals surface area contributed by atoms with Crippen molar-refractivity contribution in [3.8, 4) is 0 Å². The molecule has 0 spiro atoms. The van der Waals surface area contributed by atoms with Gasteiger partial charge in [0.05, 0.1) is 23.3 Å². The Morgan fingerprint density at radius 1 is 1.21 bits per heavy atom. The maximum Gasteiger partial charge on any atom is 0.339 e. The van der Waals surface area contributed by atoms with Crippen LogP contribution in [0.25, 0.3) is 5.57 Å². The molecule has 0 radical (unpaired) electrons. The van der Waals surface area contributed by atoms with Gasteiger partial charge in [0.15, 0.2) is 12.0 Å². The highest BCUT2D eigenvalue weighted by molar-refractivity contribution is 6.34. The van der Waals surface area contributed by atoms with Gasteiger partial charge in [0.25, 0.3) is 0 Å². The average Bonchev–Trinajstić information content (AvgIpc) is 2.90. The van der Waals surface area contributed by atoms with E-state index in [1.807, 2.05) is 18.2 Å². The first-order valence-electron chi connectivity index (χ1n) is 7.16. The minimum atomic E-state index is -0.793. The van der Waals surface area contributed by atoms with Crippen LogP contribution >= 0.6 is 11.6 Å². The number of esters is 1. The number of hydrogen-bond acceptors (Lipinski definition) is 5. The standard InChI is InChI=1S/C18H14ClNO4/c1-23-18(22)12-9-11(7-8-13(12)19)14-15(21)16(24-17(14)20)10-5-3-2-4-6-10/h2-9,16H,20H2,1H3. The van der Waals surface area contributed by atoms with E-state index in [9.17, 15) is 9.59 Å². The highest BCUT2D eigenvalue weighted by Crippen LogP contribution is 2.37. The highest BCUT2D eigenvalue weighted by Gasteiger charge is 2.36. The number of ether oxygens (including phenoxy) is 2. The zero-order valence-electron chi connectivity index (χ0n) is 12.8. The first-order valence-corrected chi connectivity index (χ1v) is 7.54. The number of methoxy groups -OCH3 is 1. The first kappa shape index (κ1) is 16.1. The Labute approximate surface area is 143 Å². The van der Waals surface area contributed by atoms with Crippen molar-refractivity contribution < 1.29 is 19.1 Å². The third-order valence-corrected chi connectivity index (χ3v) is 4.07. The number of carbonyl (C=O) groups is 2. The van der Waals surface area contributed by atoms with Crippen molar-refractivity contribution in [2.24, 2.45) is 5.73 Å². The van der Waals surface area contributed by atoms with E-state index >= 15 is 0 Å². The lowest BCUT2D eigenvalue weighted by Gasteiger charge is -2.10. The Morgan fingerprint density at radius 3 is 2.58 bits per heavy atom. The fourth-order valence-corrected chi connectivity index (χ4v) is 2.77. The van der Waals surface area contributed by atoms with Crippen LogP contribution in [0.1, 0.15) is 27.6 Å². The summed E-state index contributed by atoms with van der Waals surface area (Å²) in [6.07, 6.45) is -0.793. The Bertz CT molecular complexity index is 845. The van der Waals surface area contributed by atoms with E-state index in [0.717, 1.165) is 0 Å². The predicted octanol–water partition coefficient (Wildman–Crippen LogP) is 3.09. The van der Waals surface area contributed by atoms with Crippen LogP contribution in [-0.4, -0.2) is 18.9 Å². The van der Waals surface area contributed by atoms with Gasteiger partial charge in [-0.2, -0.15) is 0 Å². The van der Waals surface area contributed by atoms with Crippen molar-refractivity contribution in [3.63, 3.8) is 0 Å². The normalized spacial score (nSPS) is 16.9. The zero-order chi connectivity index (χ0) is 17.3. The summed E-state index contributed by atoms with van der Waals surface area (Å²) in [5, 5.41) is 0.232. The molecule has 0 saturated heterocycles. The van der Waals surface area contributed by atoms with E-state index in [4.69, 9.17) is 26.8 Å². The first-order chi connectivity index (χ1) is 11.5. The maximum absolute atomic E-state index is 12.7. The molecule has 2 aromatic rings. The molecule has 0 amide bonds. The van der Waals surface area contributed by atoms with E-state index in [1.54, 1.807) is 18.2 Å². The number of nitrogens with two attached hydrogens (primary N) is 1. The second-order valence-electron chi connectivity index (χ2n) is 5.20. The average molecular weight is 344 g/mol. The van der Waals surface area contributed by atoms with Crippen LogP contribution in [-0.2, 0) is 14.3 Å². The minimum absolute atomic E-state index is 0.0204. The lowest BCUT2D eigenvalue weighted by Crippen LogP contribution is -2.10. The third-order valence-electron chi connectivity index (χ3n) is 3.74. The molecule has 24 heavy (non-hydrogen) atoms. The highest BCUT2D eigenvalue weighted by atomic mass is 35.5. The summed E-state index contributed by atoms with van der Waals surface area (Å²) < 4.78 is 10.2. The second-order valence-corrected chi connectivity index (χ2v) is 5.61. The number of hydrogen-bond donors (Lipinski definition) is 1. The van der Waals surface area contributed by atoms with Crippen molar-refractivity contribution in [2.75, 3.05) is 7.11 Å². The van der Waals surface area contributed by atoms with E-state index in [0.29, 0.717) is 11.1 Å². The summed E-state index contributed by atoms with van der Waals surface area (Å²) in [7, 11) is 1.26. The van der Waals surface area contributed by atoms with E-state index < -0.39 is 12.1 Å². The third kappa shape index (κ3) is 2.74. The monoisotopic (exact) mass is 343 g/mol. The van der Waals surface area contributed by atoms with Crippen LogP contribution in [0.2, 0.25) is 5.02 Å². The van der Waals surface area contributed by atoms with Crippen LogP contribution in [0.4, 0.5) is 0 Å². The lowest BCUT2D eigenvalue weighted by atomic mass is 9.96. The summed E-state index contributed by atoms with van der Waals surface area (Å²) in [5.74, 6) is -0.837. The van der Waals surface area contributed by atoms with Crippen molar-refractivity contribution in [2.45, 2.75) is 6.10 Å².